The summed E-state index contributed by atoms with van der Waals surface area (Å²) in [6.45, 7) is 9.02. The van der Waals surface area contributed by atoms with Gasteiger partial charge in [-0.1, -0.05) is 13.8 Å². The average Bonchev–Trinajstić information content (AvgIpc) is 2.78. The van der Waals surface area contributed by atoms with E-state index in [1.807, 2.05) is 32.2 Å². The van der Waals surface area contributed by atoms with Crippen LogP contribution in [0.15, 0.2) is 18.3 Å². The van der Waals surface area contributed by atoms with Crippen LogP contribution in [0.3, 0.4) is 0 Å². The van der Waals surface area contributed by atoms with Gasteiger partial charge in [-0.3, -0.25) is 0 Å². The number of rotatable bonds is 4. The van der Waals surface area contributed by atoms with E-state index >= 15 is 0 Å². The molecule has 2 aromatic heterocycles. The molecule has 2 aromatic rings. The molecule has 0 amide bonds. The molecule has 2 rings (SSSR count). The molecule has 0 aromatic carbocycles. The molecule has 5 heteroatoms. The molecule has 0 atom stereocenters. The van der Waals surface area contributed by atoms with Crippen LogP contribution in [0, 0.1) is 6.92 Å². The number of nitrogens with one attached hydrogen (secondary N) is 1. The third-order valence-corrected chi connectivity index (χ3v) is 2.62. The van der Waals surface area contributed by atoms with Crippen molar-refractivity contribution in [1.29, 1.82) is 0 Å². The summed E-state index contributed by atoms with van der Waals surface area (Å²) in [6, 6.07) is 3.93. The third kappa shape index (κ3) is 2.67. The van der Waals surface area contributed by atoms with E-state index in [-0.39, 0.29) is 0 Å². The van der Waals surface area contributed by atoms with E-state index in [1.54, 1.807) is 4.68 Å². The predicted molar refractivity (Wildman–Crippen MR) is 72.1 cm³/mol. The number of hydrogen-bond donors (Lipinski definition) is 1. The van der Waals surface area contributed by atoms with Gasteiger partial charge in [0.25, 0.3) is 0 Å². The van der Waals surface area contributed by atoms with Crippen LogP contribution in [0.4, 0.5) is 5.82 Å². The molecule has 0 bridgehead atoms. The first-order chi connectivity index (χ1) is 8.60. The summed E-state index contributed by atoms with van der Waals surface area (Å²) < 4.78 is 1.80. The lowest BCUT2D eigenvalue weighted by atomic mass is 10.1. The maximum atomic E-state index is 4.52. The van der Waals surface area contributed by atoms with Crippen LogP contribution >= 0.6 is 0 Å². The fourth-order valence-corrected chi connectivity index (χ4v) is 1.71. The minimum absolute atomic E-state index is 0.419. The molecule has 0 saturated heterocycles. The second-order valence-electron chi connectivity index (χ2n) is 4.53. The van der Waals surface area contributed by atoms with E-state index in [1.165, 1.54) is 0 Å². The summed E-state index contributed by atoms with van der Waals surface area (Å²) in [4.78, 5) is 8.74. The summed E-state index contributed by atoms with van der Waals surface area (Å²) >= 11 is 0. The Hall–Kier alpha value is -1.91. The first kappa shape index (κ1) is 12.5. The lowest BCUT2D eigenvalue weighted by Gasteiger charge is -2.07. The van der Waals surface area contributed by atoms with Crippen molar-refractivity contribution in [3.63, 3.8) is 0 Å². The van der Waals surface area contributed by atoms with Gasteiger partial charge in [0.2, 0.25) is 0 Å². The van der Waals surface area contributed by atoms with Crippen LogP contribution in [-0.2, 0) is 0 Å². The smallest absolute Gasteiger partial charge is 0.159 e. The molecule has 0 aliphatic rings. The molecule has 0 aliphatic heterocycles. The molecule has 0 saturated carbocycles. The molecule has 18 heavy (non-hydrogen) atoms. The van der Waals surface area contributed by atoms with Gasteiger partial charge in [0.05, 0.1) is 5.69 Å². The van der Waals surface area contributed by atoms with Crippen LogP contribution in [0.5, 0.6) is 0 Å². The molecule has 2 heterocycles. The highest BCUT2D eigenvalue weighted by atomic mass is 15.3. The molecule has 96 valence electrons. The van der Waals surface area contributed by atoms with E-state index < -0.39 is 0 Å². The van der Waals surface area contributed by atoms with E-state index in [4.69, 9.17) is 0 Å². The van der Waals surface area contributed by atoms with Crippen molar-refractivity contribution in [3.8, 4) is 5.82 Å². The molecule has 0 aliphatic carbocycles. The Bertz CT molecular complexity index is 530. The highest BCUT2D eigenvalue weighted by molar-refractivity contribution is 5.41. The normalized spacial score (nSPS) is 10.9. The average molecular weight is 245 g/mol. The lowest BCUT2D eigenvalue weighted by Crippen LogP contribution is -2.06. The van der Waals surface area contributed by atoms with Gasteiger partial charge in [-0.2, -0.15) is 5.10 Å². The SMILES string of the molecule is CCNc1cc(-n2ccc(C(C)C)n2)nc(C)n1. The molecule has 5 nitrogen and oxygen atoms in total. The summed E-state index contributed by atoms with van der Waals surface area (Å²) in [5, 5.41) is 7.72. The van der Waals surface area contributed by atoms with Gasteiger partial charge >= 0.3 is 0 Å². The second kappa shape index (κ2) is 5.16. The third-order valence-electron chi connectivity index (χ3n) is 2.62. The van der Waals surface area contributed by atoms with Crippen LogP contribution in [-0.4, -0.2) is 26.3 Å². The van der Waals surface area contributed by atoms with E-state index in [9.17, 15) is 0 Å². The monoisotopic (exact) mass is 245 g/mol. The van der Waals surface area contributed by atoms with Gasteiger partial charge in [0.15, 0.2) is 5.82 Å². The summed E-state index contributed by atoms with van der Waals surface area (Å²) in [7, 11) is 0. The van der Waals surface area contributed by atoms with Gasteiger partial charge in [0.1, 0.15) is 11.6 Å². The Kier molecular flexibility index (Phi) is 3.60. The van der Waals surface area contributed by atoms with Crippen LogP contribution in [0.25, 0.3) is 5.82 Å². The Labute approximate surface area is 107 Å². The summed E-state index contributed by atoms with van der Waals surface area (Å²) in [5.41, 5.74) is 1.07. The van der Waals surface area contributed by atoms with Crippen LogP contribution in [0.2, 0.25) is 0 Å². The van der Waals surface area contributed by atoms with Crippen molar-refractivity contribution >= 4 is 5.82 Å². The predicted octanol–water partition coefficient (Wildman–Crippen LogP) is 2.53. The summed E-state index contributed by atoms with van der Waals surface area (Å²) in [6.07, 6.45) is 1.94. The van der Waals surface area contributed by atoms with Crippen molar-refractivity contribution in [2.75, 3.05) is 11.9 Å². The lowest BCUT2D eigenvalue weighted by molar-refractivity contribution is 0.753. The maximum absolute atomic E-state index is 4.52. The quantitative estimate of drug-likeness (QED) is 0.899. The summed E-state index contributed by atoms with van der Waals surface area (Å²) in [5.74, 6) is 2.79. The standard InChI is InChI=1S/C13H19N5/c1-5-14-12-8-13(16-10(4)15-12)18-7-6-11(17-18)9(2)3/h6-9H,5H2,1-4H3,(H,14,15,16). The van der Waals surface area contributed by atoms with Gasteiger partial charge in [-0.05, 0) is 25.8 Å². The largest absolute Gasteiger partial charge is 0.370 e. The fraction of sp³-hybridized carbons (Fsp3) is 0.462. The second-order valence-corrected chi connectivity index (χ2v) is 4.53. The van der Waals surface area contributed by atoms with Crippen molar-refractivity contribution < 1.29 is 0 Å². The van der Waals surface area contributed by atoms with Crippen LogP contribution in [0.1, 0.15) is 38.2 Å². The fourth-order valence-electron chi connectivity index (χ4n) is 1.71. The van der Waals surface area contributed by atoms with Crippen molar-refractivity contribution in [2.24, 2.45) is 0 Å². The van der Waals surface area contributed by atoms with Gasteiger partial charge in [0, 0.05) is 18.8 Å². The molecular weight excluding hydrogens is 226 g/mol. The van der Waals surface area contributed by atoms with Crippen molar-refractivity contribution in [1.82, 2.24) is 19.7 Å². The molecule has 0 fully saturated rings. The zero-order valence-electron chi connectivity index (χ0n) is 11.3. The Morgan fingerprint density at radius 1 is 1.33 bits per heavy atom. The van der Waals surface area contributed by atoms with E-state index in [0.29, 0.717) is 5.92 Å². The number of aromatic nitrogens is 4. The Balaban J connectivity index is 2.36. The molecule has 0 radical (unpaired) electrons. The van der Waals surface area contributed by atoms with E-state index in [2.05, 4.69) is 34.2 Å². The van der Waals surface area contributed by atoms with Crippen molar-refractivity contribution in [3.05, 3.63) is 29.8 Å². The topological polar surface area (TPSA) is 55.6 Å². The zero-order chi connectivity index (χ0) is 13.1. The molecule has 0 spiro atoms. The highest BCUT2D eigenvalue weighted by Crippen LogP contribution is 2.14. The van der Waals surface area contributed by atoms with Gasteiger partial charge < -0.3 is 5.32 Å². The van der Waals surface area contributed by atoms with E-state index in [0.717, 1.165) is 29.7 Å². The Morgan fingerprint density at radius 3 is 2.72 bits per heavy atom. The van der Waals surface area contributed by atoms with Gasteiger partial charge in [-0.25, -0.2) is 14.6 Å². The minimum Gasteiger partial charge on any atom is -0.370 e. The zero-order valence-corrected chi connectivity index (χ0v) is 11.3. The number of aryl methyl sites for hydroxylation is 1. The first-order valence-electron chi connectivity index (χ1n) is 6.25. The van der Waals surface area contributed by atoms with Gasteiger partial charge in [-0.15, -0.1) is 0 Å². The van der Waals surface area contributed by atoms with Crippen LogP contribution < -0.4 is 5.32 Å². The Morgan fingerprint density at radius 2 is 2.11 bits per heavy atom. The molecule has 1 N–H and O–H groups in total. The highest BCUT2D eigenvalue weighted by Gasteiger charge is 2.07. The first-order valence-corrected chi connectivity index (χ1v) is 6.25. The number of nitrogens with zero attached hydrogens (tertiary/aromatic N) is 4. The number of hydrogen-bond acceptors (Lipinski definition) is 4. The molecular formula is C13H19N5. The molecule has 0 unspecified atom stereocenters. The minimum atomic E-state index is 0.419. The number of anilines is 1. The maximum Gasteiger partial charge on any atom is 0.159 e. The van der Waals surface area contributed by atoms with Crippen molar-refractivity contribution in [2.45, 2.75) is 33.6 Å².